The number of nitrogens with zero attached hydrogens (tertiary/aromatic N) is 5. The monoisotopic (exact) mass is 425 g/mol. The highest BCUT2D eigenvalue weighted by molar-refractivity contribution is 7.20. The summed E-state index contributed by atoms with van der Waals surface area (Å²) >= 11 is 7.86. The van der Waals surface area contributed by atoms with Crippen LogP contribution in [0.5, 0.6) is 0 Å². The zero-order valence-corrected chi connectivity index (χ0v) is 17.5. The Morgan fingerprint density at radius 1 is 1.24 bits per heavy atom. The molecule has 1 aliphatic heterocycles. The van der Waals surface area contributed by atoms with E-state index >= 15 is 0 Å². The van der Waals surface area contributed by atoms with Gasteiger partial charge in [0.15, 0.2) is 0 Å². The number of hydrogen-bond donors (Lipinski definition) is 0. The number of rotatable bonds is 3. The molecule has 4 heterocycles. The van der Waals surface area contributed by atoms with Gasteiger partial charge in [0.25, 0.3) is 5.91 Å². The average Bonchev–Trinajstić information content (AvgIpc) is 3.47. The SMILES string of the molecule is Cc1nn(-c2ccccc2Cl)c2sc(C(=O)N3CCC(n4ccnc4)CC3)cc12. The molecule has 1 amide bonds. The topological polar surface area (TPSA) is 56.0 Å². The number of para-hydroxylation sites is 1. The van der Waals surface area contributed by atoms with Gasteiger partial charge >= 0.3 is 0 Å². The summed E-state index contributed by atoms with van der Waals surface area (Å²) in [5.41, 5.74) is 1.73. The van der Waals surface area contributed by atoms with Crippen LogP contribution >= 0.6 is 22.9 Å². The van der Waals surface area contributed by atoms with Crippen molar-refractivity contribution in [1.29, 1.82) is 0 Å². The lowest BCUT2D eigenvalue weighted by Crippen LogP contribution is -2.38. The molecule has 0 radical (unpaired) electrons. The number of halogens is 1. The van der Waals surface area contributed by atoms with E-state index in [0.29, 0.717) is 11.1 Å². The van der Waals surface area contributed by atoms with Crippen molar-refractivity contribution in [3.05, 3.63) is 64.6 Å². The first-order valence-corrected chi connectivity index (χ1v) is 10.8. The van der Waals surface area contributed by atoms with Crippen LogP contribution in [0.15, 0.2) is 49.1 Å². The van der Waals surface area contributed by atoms with E-state index in [0.717, 1.165) is 52.4 Å². The number of aryl methyl sites for hydroxylation is 1. The van der Waals surface area contributed by atoms with Gasteiger partial charge in [0.2, 0.25) is 0 Å². The highest BCUT2D eigenvalue weighted by atomic mass is 35.5. The largest absolute Gasteiger partial charge is 0.338 e. The van der Waals surface area contributed by atoms with E-state index in [2.05, 4.69) is 14.6 Å². The number of fused-ring (bicyclic) bond motifs is 1. The lowest BCUT2D eigenvalue weighted by atomic mass is 10.0. The molecule has 1 fully saturated rings. The number of carbonyl (C=O) groups excluding carboxylic acids is 1. The molecule has 5 rings (SSSR count). The molecule has 0 saturated carbocycles. The van der Waals surface area contributed by atoms with E-state index in [1.807, 2.05) is 59.4 Å². The van der Waals surface area contributed by atoms with Crippen LogP contribution in [0.25, 0.3) is 15.9 Å². The first kappa shape index (κ1) is 18.4. The van der Waals surface area contributed by atoms with Crippen LogP contribution in [0.4, 0.5) is 0 Å². The normalized spacial score (nSPS) is 15.3. The number of piperidine rings is 1. The third-order valence-electron chi connectivity index (χ3n) is 5.53. The van der Waals surface area contributed by atoms with Gasteiger partial charge < -0.3 is 9.47 Å². The summed E-state index contributed by atoms with van der Waals surface area (Å²) in [6.07, 6.45) is 7.55. The Labute approximate surface area is 177 Å². The number of likely N-dealkylation sites (tertiary alicyclic amines) is 1. The minimum absolute atomic E-state index is 0.0976. The van der Waals surface area contributed by atoms with Gasteiger partial charge in [-0.05, 0) is 38.0 Å². The summed E-state index contributed by atoms with van der Waals surface area (Å²) in [6.45, 7) is 3.48. The Morgan fingerprint density at radius 3 is 2.76 bits per heavy atom. The van der Waals surface area contributed by atoms with E-state index in [-0.39, 0.29) is 5.91 Å². The second-order valence-corrected chi connectivity index (χ2v) is 8.75. The van der Waals surface area contributed by atoms with Crippen LogP contribution in [0.1, 0.15) is 34.2 Å². The van der Waals surface area contributed by atoms with Gasteiger partial charge in [0.05, 0.1) is 27.6 Å². The number of benzene rings is 1. The molecule has 0 N–H and O–H groups in total. The molecule has 0 aliphatic carbocycles. The van der Waals surface area contributed by atoms with Crippen molar-refractivity contribution in [1.82, 2.24) is 24.2 Å². The maximum atomic E-state index is 13.1. The Kier molecular flexibility index (Phi) is 4.64. The van der Waals surface area contributed by atoms with E-state index in [4.69, 9.17) is 11.6 Å². The summed E-state index contributed by atoms with van der Waals surface area (Å²) < 4.78 is 3.99. The zero-order valence-electron chi connectivity index (χ0n) is 16.0. The second-order valence-electron chi connectivity index (χ2n) is 7.31. The number of aromatic nitrogens is 4. The maximum absolute atomic E-state index is 13.1. The quantitative estimate of drug-likeness (QED) is 0.477. The number of thiophene rings is 1. The highest BCUT2D eigenvalue weighted by Gasteiger charge is 2.26. The van der Waals surface area contributed by atoms with Crippen molar-refractivity contribution < 1.29 is 4.79 Å². The molecule has 29 heavy (non-hydrogen) atoms. The molecule has 0 unspecified atom stereocenters. The summed E-state index contributed by atoms with van der Waals surface area (Å²) in [5, 5.41) is 6.29. The van der Waals surface area contributed by atoms with Gasteiger partial charge in [0.1, 0.15) is 4.83 Å². The fourth-order valence-corrected chi connectivity index (χ4v) is 5.31. The van der Waals surface area contributed by atoms with Crippen molar-refractivity contribution in [2.24, 2.45) is 0 Å². The smallest absolute Gasteiger partial charge is 0.264 e. The molecule has 1 saturated heterocycles. The average molecular weight is 426 g/mol. The minimum atomic E-state index is 0.0976. The summed E-state index contributed by atoms with van der Waals surface area (Å²) in [5.74, 6) is 0.0976. The molecule has 0 bridgehead atoms. The van der Waals surface area contributed by atoms with E-state index in [1.54, 1.807) is 6.20 Å². The van der Waals surface area contributed by atoms with Crippen molar-refractivity contribution in [3.8, 4) is 5.69 Å². The fourth-order valence-electron chi connectivity index (χ4n) is 3.95. The Bertz CT molecular complexity index is 1170. The molecule has 0 atom stereocenters. The second kappa shape index (κ2) is 7.31. The van der Waals surface area contributed by atoms with Crippen molar-refractivity contribution in [2.45, 2.75) is 25.8 Å². The molecule has 1 aliphatic rings. The van der Waals surface area contributed by atoms with Gasteiger partial charge in [-0.3, -0.25) is 4.79 Å². The van der Waals surface area contributed by atoms with Crippen molar-refractivity contribution in [2.75, 3.05) is 13.1 Å². The van der Waals surface area contributed by atoms with Gasteiger partial charge in [-0.1, -0.05) is 23.7 Å². The van der Waals surface area contributed by atoms with E-state index in [9.17, 15) is 4.79 Å². The van der Waals surface area contributed by atoms with Crippen LogP contribution in [0.3, 0.4) is 0 Å². The maximum Gasteiger partial charge on any atom is 0.264 e. The summed E-state index contributed by atoms with van der Waals surface area (Å²) in [6, 6.07) is 10.0. The van der Waals surface area contributed by atoms with Crippen molar-refractivity contribution >= 4 is 39.1 Å². The Morgan fingerprint density at radius 2 is 2.03 bits per heavy atom. The van der Waals surface area contributed by atoms with E-state index in [1.165, 1.54) is 11.3 Å². The van der Waals surface area contributed by atoms with Crippen LogP contribution in [-0.4, -0.2) is 43.2 Å². The summed E-state index contributed by atoms with van der Waals surface area (Å²) in [7, 11) is 0. The third kappa shape index (κ3) is 3.24. The van der Waals surface area contributed by atoms with Gasteiger partial charge in [-0.15, -0.1) is 11.3 Å². The number of amides is 1. The van der Waals surface area contributed by atoms with Crippen LogP contribution in [0, 0.1) is 6.92 Å². The zero-order chi connectivity index (χ0) is 20.0. The van der Waals surface area contributed by atoms with Crippen molar-refractivity contribution in [3.63, 3.8) is 0 Å². The Hall–Kier alpha value is -2.64. The number of hydrogen-bond acceptors (Lipinski definition) is 4. The van der Waals surface area contributed by atoms with Gasteiger partial charge in [0, 0.05) is 36.9 Å². The first-order valence-electron chi connectivity index (χ1n) is 9.62. The third-order valence-corrected chi connectivity index (χ3v) is 6.95. The predicted octanol–water partition coefficient (Wildman–Crippen LogP) is 4.72. The van der Waals surface area contributed by atoms with E-state index < -0.39 is 0 Å². The summed E-state index contributed by atoms with van der Waals surface area (Å²) in [4.78, 5) is 20.9. The highest BCUT2D eigenvalue weighted by Crippen LogP contribution is 2.33. The predicted molar refractivity (Wildman–Crippen MR) is 115 cm³/mol. The lowest BCUT2D eigenvalue weighted by molar-refractivity contribution is 0.0699. The lowest BCUT2D eigenvalue weighted by Gasteiger charge is -2.32. The standard InChI is InChI=1S/C21H20ClN5OS/c1-14-16-12-19(29-21(16)27(24-14)18-5-3-2-4-17(18)22)20(28)25-9-6-15(7-10-25)26-11-8-23-13-26/h2-5,8,11-13,15H,6-7,9-10H2,1H3. The van der Waals surface area contributed by atoms with Gasteiger partial charge in [-0.25, -0.2) is 9.67 Å². The van der Waals surface area contributed by atoms with Gasteiger partial charge in [-0.2, -0.15) is 5.10 Å². The molecular formula is C21H20ClN5OS. The first-order chi connectivity index (χ1) is 14.1. The molecular weight excluding hydrogens is 406 g/mol. The van der Waals surface area contributed by atoms with Crippen LogP contribution in [0.2, 0.25) is 5.02 Å². The molecule has 1 aromatic carbocycles. The molecule has 3 aromatic heterocycles. The fraction of sp³-hybridized carbons (Fsp3) is 0.286. The van der Waals surface area contributed by atoms with Crippen LogP contribution in [-0.2, 0) is 0 Å². The molecule has 4 aromatic rings. The van der Waals surface area contributed by atoms with Crippen LogP contribution < -0.4 is 0 Å². The molecule has 0 spiro atoms. The number of imidazole rings is 1. The molecule has 8 heteroatoms. The number of carbonyl (C=O) groups is 1. The molecule has 6 nitrogen and oxygen atoms in total. The minimum Gasteiger partial charge on any atom is -0.338 e. The Balaban J connectivity index is 1.40. The molecule has 148 valence electrons.